The summed E-state index contributed by atoms with van der Waals surface area (Å²) in [6.45, 7) is 5.04. The molecular formula is C16H23Cl2NO2. The lowest BCUT2D eigenvalue weighted by atomic mass is 10.0. The molecule has 1 aliphatic heterocycles. The molecule has 0 saturated carbocycles. The summed E-state index contributed by atoms with van der Waals surface area (Å²) in [6, 6.07) is 6.00. The third kappa shape index (κ3) is 4.83. The lowest BCUT2D eigenvalue weighted by Crippen LogP contribution is -2.38. The normalized spacial score (nSPS) is 18.9. The molecule has 2 rings (SSSR count). The van der Waals surface area contributed by atoms with Gasteiger partial charge in [0.1, 0.15) is 0 Å². The van der Waals surface area contributed by atoms with Crippen molar-refractivity contribution in [3.63, 3.8) is 0 Å². The van der Waals surface area contributed by atoms with Crippen LogP contribution in [0.15, 0.2) is 18.2 Å². The van der Waals surface area contributed by atoms with Crippen molar-refractivity contribution in [3.05, 3.63) is 33.8 Å². The standard InChI is InChI=1S/C16H23Cl2NO2/c1-12(15-4-3-13(17)11-16(15)18)19-7-5-14(6-8-19)21-10-2-9-20/h3-4,11-12,14,20H,2,5-10H2,1H3. The molecule has 1 aromatic carbocycles. The Morgan fingerprint density at radius 1 is 1.33 bits per heavy atom. The molecule has 3 nitrogen and oxygen atoms in total. The van der Waals surface area contributed by atoms with Crippen LogP contribution in [0.2, 0.25) is 10.0 Å². The maximum absolute atomic E-state index is 8.77. The molecular weight excluding hydrogens is 309 g/mol. The van der Waals surface area contributed by atoms with Gasteiger partial charge in [-0.3, -0.25) is 4.90 Å². The smallest absolute Gasteiger partial charge is 0.0599 e. The average molecular weight is 332 g/mol. The summed E-state index contributed by atoms with van der Waals surface area (Å²) < 4.78 is 5.77. The van der Waals surface area contributed by atoms with Gasteiger partial charge in [-0.15, -0.1) is 0 Å². The molecule has 1 aromatic rings. The fraction of sp³-hybridized carbons (Fsp3) is 0.625. The molecule has 1 saturated heterocycles. The Labute approximate surface area is 136 Å². The van der Waals surface area contributed by atoms with Gasteiger partial charge >= 0.3 is 0 Å². The number of nitrogens with zero attached hydrogens (tertiary/aromatic N) is 1. The highest BCUT2D eigenvalue weighted by atomic mass is 35.5. The van der Waals surface area contributed by atoms with Crippen molar-refractivity contribution in [1.82, 2.24) is 4.90 Å². The molecule has 21 heavy (non-hydrogen) atoms. The van der Waals surface area contributed by atoms with Gasteiger partial charge in [0.05, 0.1) is 6.10 Å². The Morgan fingerprint density at radius 2 is 2.05 bits per heavy atom. The molecule has 0 spiro atoms. The minimum atomic E-state index is 0.199. The maximum atomic E-state index is 8.77. The van der Waals surface area contributed by atoms with E-state index in [1.54, 1.807) is 6.07 Å². The molecule has 1 aliphatic rings. The van der Waals surface area contributed by atoms with Crippen LogP contribution >= 0.6 is 23.2 Å². The van der Waals surface area contributed by atoms with Gasteiger partial charge in [-0.1, -0.05) is 29.3 Å². The molecule has 5 heteroatoms. The highest BCUT2D eigenvalue weighted by Crippen LogP contribution is 2.31. The molecule has 0 aromatic heterocycles. The summed E-state index contributed by atoms with van der Waals surface area (Å²) in [4.78, 5) is 2.43. The Kier molecular flexibility index (Phi) is 6.77. The van der Waals surface area contributed by atoms with Gasteiger partial charge < -0.3 is 9.84 Å². The van der Waals surface area contributed by atoms with E-state index >= 15 is 0 Å². The molecule has 0 radical (unpaired) electrons. The lowest BCUT2D eigenvalue weighted by molar-refractivity contribution is -0.00509. The zero-order valence-corrected chi connectivity index (χ0v) is 13.9. The average Bonchev–Trinajstić information content (AvgIpc) is 2.48. The summed E-state index contributed by atoms with van der Waals surface area (Å²) >= 11 is 12.3. The lowest BCUT2D eigenvalue weighted by Gasteiger charge is -2.36. The zero-order chi connectivity index (χ0) is 15.2. The van der Waals surface area contributed by atoms with E-state index in [-0.39, 0.29) is 12.6 Å². The van der Waals surface area contributed by atoms with Crippen molar-refractivity contribution >= 4 is 23.2 Å². The van der Waals surface area contributed by atoms with E-state index in [0.717, 1.165) is 42.9 Å². The van der Waals surface area contributed by atoms with Crippen LogP contribution in [0.3, 0.4) is 0 Å². The summed E-state index contributed by atoms with van der Waals surface area (Å²) in [7, 11) is 0. The van der Waals surface area contributed by atoms with Crippen molar-refractivity contribution in [2.45, 2.75) is 38.3 Å². The van der Waals surface area contributed by atoms with E-state index in [9.17, 15) is 0 Å². The number of likely N-dealkylation sites (tertiary alicyclic amines) is 1. The maximum Gasteiger partial charge on any atom is 0.0599 e. The fourth-order valence-electron chi connectivity index (χ4n) is 2.78. The van der Waals surface area contributed by atoms with Crippen LogP contribution < -0.4 is 0 Å². The minimum Gasteiger partial charge on any atom is -0.396 e. The quantitative estimate of drug-likeness (QED) is 0.802. The van der Waals surface area contributed by atoms with Crippen LogP contribution in [0.25, 0.3) is 0 Å². The second-order valence-electron chi connectivity index (χ2n) is 5.53. The monoisotopic (exact) mass is 331 g/mol. The van der Waals surface area contributed by atoms with E-state index in [1.165, 1.54) is 0 Å². The molecule has 1 unspecified atom stereocenters. The number of ether oxygens (including phenoxy) is 1. The second kappa shape index (κ2) is 8.35. The molecule has 1 fully saturated rings. The highest BCUT2D eigenvalue weighted by Gasteiger charge is 2.24. The third-order valence-corrected chi connectivity index (χ3v) is 4.66. The van der Waals surface area contributed by atoms with Crippen LogP contribution in [0.1, 0.15) is 37.8 Å². The van der Waals surface area contributed by atoms with Crippen molar-refractivity contribution in [3.8, 4) is 0 Å². The van der Waals surface area contributed by atoms with Crippen LogP contribution in [-0.2, 0) is 4.74 Å². The number of hydrogen-bond acceptors (Lipinski definition) is 3. The zero-order valence-electron chi connectivity index (χ0n) is 12.4. The highest BCUT2D eigenvalue weighted by molar-refractivity contribution is 6.35. The van der Waals surface area contributed by atoms with E-state index in [2.05, 4.69) is 11.8 Å². The van der Waals surface area contributed by atoms with Crippen molar-refractivity contribution < 1.29 is 9.84 Å². The predicted octanol–water partition coefficient (Wildman–Crippen LogP) is 3.92. The van der Waals surface area contributed by atoms with Gasteiger partial charge in [-0.2, -0.15) is 0 Å². The summed E-state index contributed by atoms with van der Waals surface area (Å²) in [5, 5.41) is 10.2. The first-order valence-electron chi connectivity index (χ1n) is 7.53. The van der Waals surface area contributed by atoms with Gasteiger partial charge in [0.25, 0.3) is 0 Å². The predicted molar refractivity (Wildman–Crippen MR) is 87.1 cm³/mol. The molecule has 118 valence electrons. The molecule has 1 atom stereocenters. The van der Waals surface area contributed by atoms with E-state index in [0.29, 0.717) is 17.7 Å². The summed E-state index contributed by atoms with van der Waals surface area (Å²) in [5.41, 5.74) is 1.13. The van der Waals surface area contributed by atoms with Crippen LogP contribution in [0, 0.1) is 0 Å². The minimum absolute atomic E-state index is 0.199. The number of benzene rings is 1. The molecule has 0 bridgehead atoms. The Hall–Kier alpha value is -0.320. The number of aliphatic hydroxyl groups is 1. The molecule has 1 heterocycles. The van der Waals surface area contributed by atoms with Crippen LogP contribution in [-0.4, -0.2) is 42.4 Å². The number of rotatable bonds is 6. The van der Waals surface area contributed by atoms with Gasteiger partial charge in [0.15, 0.2) is 0 Å². The van der Waals surface area contributed by atoms with E-state index < -0.39 is 0 Å². The largest absolute Gasteiger partial charge is 0.396 e. The number of aliphatic hydroxyl groups excluding tert-OH is 1. The first kappa shape index (κ1) is 17.0. The molecule has 0 aliphatic carbocycles. The first-order chi connectivity index (χ1) is 10.1. The van der Waals surface area contributed by atoms with Gasteiger partial charge in [-0.05, 0) is 43.9 Å². The third-order valence-electron chi connectivity index (χ3n) is 4.09. The van der Waals surface area contributed by atoms with Crippen molar-refractivity contribution in [2.24, 2.45) is 0 Å². The molecule has 0 amide bonds. The van der Waals surface area contributed by atoms with Gasteiger partial charge in [0.2, 0.25) is 0 Å². The summed E-state index contributed by atoms with van der Waals surface area (Å²) in [6.07, 6.45) is 3.10. The topological polar surface area (TPSA) is 32.7 Å². The van der Waals surface area contributed by atoms with Crippen molar-refractivity contribution in [2.75, 3.05) is 26.3 Å². The number of hydrogen-bond donors (Lipinski definition) is 1. The van der Waals surface area contributed by atoms with E-state index in [4.69, 9.17) is 33.0 Å². The second-order valence-corrected chi connectivity index (χ2v) is 6.37. The Morgan fingerprint density at radius 3 is 2.67 bits per heavy atom. The Balaban J connectivity index is 1.86. The Bertz CT molecular complexity index is 448. The van der Waals surface area contributed by atoms with Gasteiger partial charge in [-0.25, -0.2) is 0 Å². The first-order valence-corrected chi connectivity index (χ1v) is 8.29. The SMILES string of the molecule is CC(c1ccc(Cl)cc1Cl)N1CCC(OCCCO)CC1. The molecule has 1 N–H and O–H groups in total. The van der Waals surface area contributed by atoms with Gasteiger partial charge in [0, 0.05) is 42.4 Å². The number of piperidine rings is 1. The van der Waals surface area contributed by atoms with Crippen LogP contribution in [0.5, 0.6) is 0 Å². The van der Waals surface area contributed by atoms with Crippen LogP contribution in [0.4, 0.5) is 0 Å². The number of halogens is 2. The van der Waals surface area contributed by atoms with Crippen molar-refractivity contribution in [1.29, 1.82) is 0 Å². The summed E-state index contributed by atoms with van der Waals surface area (Å²) in [5.74, 6) is 0. The van der Waals surface area contributed by atoms with E-state index in [1.807, 2.05) is 12.1 Å². The fourth-order valence-corrected chi connectivity index (χ4v) is 3.35.